The number of ether oxygens (including phenoxy) is 1. The van der Waals surface area contributed by atoms with E-state index in [0.29, 0.717) is 0 Å². The predicted molar refractivity (Wildman–Crippen MR) is 73.3 cm³/mol. The van der Waals surface area contributed by atoms with Crippen LogP contribution in [0.25, 0.3) is 0 Å². The molecule has 0 aromatic heterocycles. The van der Waals surface area contributed by atoms with Crippen LogP contribution in [0, 0.1) is 5.41 Å². The van der Waals surface area contributed by atoms with Crippen LogP contribution in [-0.2, 0) is 6.54 Å². The molecule has 0 aliphatic heterocycles. The molecule has 4 heteroatoms. The third-order valence-corrected chi connectivity index (χ3v) is 3.35. The Morgan fingerprint density at radius 3 is 2.65 bits per heavy atom. The lowest BCUT2D eigenvalue weighted by atomic mass is 9.95. The van der Waals surface area contributed by atoms with Crippen molar-refractivity contribution in [1.29, 1.82) is 0 Å². The third-order valence-electron chi connectivity index (χ3n) is 2.61. The minimum atomic E-state index is -0.0844. The first-order valence-electron chi connectivity index (χ1n) is 5.62. The molecule has 1 rings (SSSR count). The van der Waals surface area contributed by atoms with Gasteiger partial charge in [-0.1, -0.05) is 35.8 Å². The van der Waals surface area contributed by atoms with Crippen LogP contribution in [0.2, 0.25) is 0 Å². The summed E-state index contributed by atoms with van der Waals surface area (Å²) in [5.41, 5.74) is 1.10. The molecule has 0 unspecified atom stereocenters. The van der Waals surface area contributed by atoms with Gasteiger partial charge in [0.15, 0.2) is 0 Å². The predicted octanol–water partition coefficient (Wildman–Crippen LogP) is 2.57. The van der Waals surface area contributed by atoms with E-state index >= 15 is 0 Å². The maximum Gasteiger partial charge on any atom is 0.120 e. The second-order valence-electron chi connectivity index (χ2n) is 4.88. The quantitative estimate of drug-likeness (QED) is 0.848. The van der Waals surface area contributed by atoms with Crippen molar-refractivity contribution in [2.45, 2.75) is 20.4 Å². The zero-order chi connectivity index (χ0) is 12.9. The Kier molecular flexibility index (Phi) is 5.43. The molecule has 0 atom stereocenters. The fourth-order valence-corrected chi connectivity index (χ4v) is 1.89. The van der Waals surface area contributed by atoms with E-state index in [-0.39, 0.29) is 12.0 Å². The number of methoxy groups -OCH3 is 1. The normalized spacial score (nSPS) is 11.6. The molecule has 0 fully saturated rings. The second kappa shape index (κ2) is 6.38. The van der Waals surface area contributed by atoms with Crippen LogP contribution in [0.4, 0.5) is 0 Å². The van der Waals surface area contributed by atoms with Crippen LogP contribution in [0.3, 0.4) is 0 Å². The van der Waals surface area contributed by atoms with Crippen LogP contribution in [0.15, 0.2) is 22.7 Å². The number of aliphatic hydroxyl groups excluding tert-OH is 1. The maximum absolute atomic E-state index is 9.15. The van der Waals surface area contributed by atoms with Crippen molar-refractivity contribution in [3.05, 3.63) is 28.2 Å². The summed E-state index contributed by atoms with van der Waals surface area (Å²) in [6.07, 6.45) is 0. The lowest BCUT2D eigenvalue weighted by Gasteiger charge is -2.22. The van der Waals surface area contributed by atoms with E-state index in [1.54, 1.807) is 7.11 Å². The lowest BCUT2D eigenvalue weighted by molar-refractivity contribution is 0.156. The maximum atomic E-state index is 9.15. The molecule has 0 spiro atoms. The minimum Gasteiger partial charge on any atom is -0.497 e. The molecule has 1 aromatic rings. The molecule has 0 radical (unpaired) electrons. The van der Waals surface area contributed by atoms with E-state index in [4.69, 9.17) is 9.84 Å². The van der Waals surface area contributed by atoms with E-state index in [1.165, 1.54) is 5.56 Å². The average molecular weight is 302 g/mol. The van der Waals surface area contributed by atoms with Crippen molar-refractivity contribution in [3.63, 3.8) is 0 Å². The summed E-state index contributed by atoms with van der Waals surface area (Å²) < 4.78 is 6.18. The topological polar surface area (TPSA) is 41.5 Å². The monoisotopic (exact) mass is 301 g/mol. The number of benzene rings is 1. The smallest absolute Gasteiger partial charge is 0.120 e. The fraction of sp³-hybridized carbons (Fsp3) is 0.538. The zero-order valence-electron chi connectivity index (χ0n) is 10.6. The van der Waals surface area contributed by atoms with Gasteiger partial charge >= 0.3 is 0 Å². The van der Waals surface area contributed by atoms with E-state index in [9.17, 15) is 0 Å². The first-order chi connectivity index (χ1) is 7.98. The number of halogens is 1. The lowest BCUT2D eigenvalue weighted by Crippen LogP contribution is -2.31. The van der Waals surface area contributed by atoms with Crippen LogP contribution in [0.1, 0.15) is 19.4 Å². The Hall–Kier alpha value is -0.580. The molecule has 3 nitrogen and oxygen atoms in total. The van der Waals surface area contributed by atoms with Crippen LogP contribution in [-0.4, -0.2) is 25.4 Å². The van der Waals surface area contributed by atoms with Gasteiger partial charge in [0, 0.05) is 29.6 Å². The van der Waals surface area contributed by atoms with Gasteiger partial charge < -0.3 is 15.2 Å². The summed E-state index contributed by atoms with van der Waals surface area (Å²) in [5, 5.41) is 12.5. The van der Waals surface area contributed by atoms with Crippen LogP contribution < -0.4 is 10.1 Å². The van der Waals surface area contributed by atoms with E-state index in [2.05, 4.69) is 21.2 Å². The standard InChI is InChI=1S/C13H20BrNO2/c1-13(2,9-16)8-15-7-10-4-5-11(17-3)6-12(10)14/h4-6,15-16H,7-9H2,1-3H3. The third kappa shape index (κ3) is 4.66. The fourth-order valence-electron chi connectivity index (χ4n) is 1.39. The summed E-state index contributed by atoms with van der Waals surface area (Å²) in [6, 6.07) is 5.93. The van der Waals surface area contributed by atoms with Gasteiger partial charge in [0.25, 0.3) is 0 Å². The molecule has 2 N–H and O–H groups in total. The molecule has 0 aliphatic rings. The largest absolute Gasteiger partial charge is 0.497 e. The highest BCUT2D eigenvalue weighted by Crippen LogP contribution is 2.23. The second-order valence-corrected chi connectivity index (χ2v) is 5.74. The highest BCUT2D eigenvalue weighted by Gasteiger charge is 2.15. The molecule has 0 saturated carbocycles. The molecule has 0 bridgehead atoms. The van der Waals surface area contributed by atoms with Gasteiger partial charge in [-0.15, -0.1) is 0 Å². The van der Waals surface area contributed by atoms with Crippen LogP contribution >= 0.6 is 15.9 Å². The summed E-state index contributed by atoms with van der Waals surface area (Å²) >= 11 is 3.52. The van der Waals surface area contributed by atoms with Crippen molar-refractivity contribution in [1.82, 2.24) is 5.32 Å². The summed E-state index contributed by atoms with van der Waals surface area (Å²) in [7, 11) is 1.66. The highest BCUT2D eigenvalue weighted by atomic mass is 79.9. The first kappa shape index (κ1) is 14.5. The first-order valence-corrected chi connectivity index (χ1v) is 6.42. The Labute approximate surface area is 111 Å². The Balaban J connectivity index is 2.52. The van der Waals surface area contributed by atoms with Gasteiger partial charge in [-0.25, -0.2) is 0 Å². The molecular weight excluding hydrogens is 282 g/mol. The SMILES string of the molecule is COc1ccc(CNCC(C)(C)CO)c(Br)c1. The number of hydrogen-bond donors (Lipinski definition) is 2. The van der Waals surface area contributed by atoms with Gasteiger partial charge in [-0.3, -0.25) is 0 Å². The summed E-state index contributed by atoms with van der Waals surface area (Å²) in [5.74, 6) is 0.844. The number of hydrogen-bond acceptors (Lipinski definition) is 3. The minimum absolute atomic E-state index is 0.0844. The van der Waals surface area contributed by atoms with Crippen molar-refractivity contribution < 1.29 is 9.84 Å². The Bertz CT molecular complexity index is 366. The Morgan fingerprint density at radius 1 is 1.41 bits per heavy atom. The molecule has 0 aliphatic carbocycles. The van der Waals surface area contributed by atoms with Crippen molar-refractivity contribution in [2.24, 2.45) is 5.41 Å². The van der Waals surface area contributed by atoms with Gasteiger partial charge in [0.2, 0.25) is 0 Å². The molecule has 0 saturated heterocycles. The molecule has 17 heavy (non-hydrogen) atoms. The number of nitrogens with one attached hydrogen (secondary N) is 1. The molecule has 0 amide bonds. The van der Waals surface area contributed by atoms with E-state index < -0.39 is 0 Å². The van der Waals surface area contributed by atoms with Gasteiger partial charge in [0.1, 0.15) is 5.75 Å². The van der Waals surface area contributed by atoms with Crippen LogP contribution in [0.5, 0.6) is 5.75 Å². The highest BCUT2D eigenvalue weighted by molar-refractivity contribution is 9.10. The van der Waals surface area contributed by atoms with Crippen molar-refractivity contribution in [3.8, 4) is 5.75 Å². The van der Waals surface area contributed by atoms with Gasteiger partial charge in [-0.05, 0) is 17.7 Å². The van der Waals surface area contributed by atoms with Gasteiger partial charge in [-0.2, -0.15) is 0 Å². The molecule has 1 aromatic carbocycles. The van der Waals surface area contributed by atoms with E-state index in [0.717, 1.165) is 23.3 Å². The van der Waals surface area contributed by atoms with Crippen molar-refractivity contribution in [2.75, 3.05) is 20.3 Å². The average Bonchev–Trinajstić information content (AvgIpc) is 2.31. The summed E-state index contributed by atoms with van der Waals surface area (Å²) in [6.45, 7) is 5.80. The number of rotatable bonds is 6. The van der Waals surface area contributed by atoms with Crippen molar-refractivity contribution >= 4 is 15.9 Å². The Morgan fingerprint density at radius 2 is 2.12 bits per heavy atom. The van der Waals surface area contributed by atoms with E-state index in [1.807, 2.05) is 32.0 Å². The molecular formula is C13H20BrNO2. The zero-order valence-corrected chi connectivity index (χ0v) is 12.2. The number of aliphatic hydroxyl groups is 1. The molecule has 0 heterocycles. The van der Waals surface area contributed by atoms with Gasteiger partial charge in [0.05, 0.1) is 7.11 Å². The summed E-state index contributed by atoms with van der Waals surface area (Å²) in [4.78, 5) is 0. The molecule has 96 valence electrons.